The number of aryl methyl sites for hydroxylation is 5. The molecule has 0 saturated heterocycles. The minimum atomic E-state index is -0.635. The van der Waals surface area contributed by atoms with Crippen molar-refractivity contribution < 1.29 is 9.59 Å². The number of rotatable bonds is 6. The van der Waals surface area contributed by atoms with Crippen LogP contribution in [0, 0.1) is 27.7 Å². The van der Waals surface area contributed by atoms with E-state index in [2.05, 4.69) is 5.32 Å². The molecule has 1 N–H and O–H groups in total. The predicted molar refractivity (Wildman–Crippen MR) is 153 cm³/mol. The molecule has 4 aromatic rings. The van der Waals surface area contributed by atoms with Crippen molar-refractivity contribution in [3.63, 3.8) is 0 Å². The van der Waals surface area contributed by atoms with Gasteiger partial charge in [-0.15, -0.1) is 11.3 Å². The first-order valence-corrected chi connectivity index (χ1v) is 13.2. The van der Waals surface area contributed by atoms with Crippen LogP contribution in [0.4, 0.5) is 5.69 Å². The molecule has 2 heterocycles. The van der Waals surface area contributed by atoms with Gasteiger partial charge in [0.1, 0.15) is 11.4 Å². The molecule has 2 amide bonds. The summed E-state index contributed by atoms with van der Waals surface area (Å²) < 4.78 is 2.38. The average molecular weight is 533 g/mol. The number of carbonyl (C=O) groups excluding carboxylic acids is 2. The Morgan fingerprint density at radius 1 is 0.974 bits per heavy atom. The van der Waals surface area contributed by atoms with Crippen molar-refractivity contribution in [3.05, 3.63) is 89.9 Å². The first-order chi connectivity index (χ1) is 17.9. The van der Waals surface area contributed by atoms with E-state index < -0.39 is 17.2 Å². The summed E-state index contributed by atoms with van der Waals surface area (Å²) in [5.41, 5.74) is 4.43. The van der Waals surface area contributed by atoms with Crippen LogP contribution >= 0.6 is 11.3 Å². The highest BCUT2D eigenvalue weighted by Gasteiger charge is 2.25. The van der Waals surface area contributed by atoms with Crippen LogP contribution in [0.1, 0.15) is 44.4 Å². The molecule has 0 unspecified atom stereocenters. The number of thiophene rings is 1. The minimum Gasteiger partial charge on any atom is -0.344 e. The molecular weight excluding hydrogens is 500 g/mol. The van der Waals surface area contributed by atoms with Gasteiger partial charge in [0.2, 0.25) is 5.91 Å². The maximum Gasteiger partial charge on any atom is 0.337 e. The number of nitrogens with zero attached hydrogens (tertiary/aromatic N) is 3. The summed E-state index contributed by atoms with van der Waals surface area (Å²) in [6.07, 6.45) is 0.816. The molecule has 0 radical (unpaired) electrons. The van der Waals surface area contributed by atoms with E-state index in [0.717, 1.165) is 44.6 Å². The summed E-state index contributed by atoms with van der Waals surface area (Å²) in [5.74, 6) is -0.669. The van der Waals surface area contributed by atoms with Gasteiger partial charge in [-0.25, -0.2) is 9.36 Å². The molecule has 38 heavy (non-hydrogen) atoms. The van der Waals surface area contributed by atoms with Gasteiger partial charge >= 0.3 is 5.69 Å². The van der Waals surface area contributed by atoms with E-state index in [0.29, 0.717) is 26.6 Å². The largest absolute Gasteiger partial charge is 0.344 e. The van der Waals surface area contributed by atoms with Crippen LogP contribution in [0.2, 0.25) is 0 Å². The Hall–Kier alpha value is -3.98. The lowest BCUT2D eigenvalue weighted by molar-refractivity contribution is -0.116. The molecule has 198 valence electrons. The van der Waals surface area contributed by atoms with Crippen molar-refractivity contribution in [1.82, 2.24) is 14.0 Å². The highest BCUT2D eigenvalue weighted by atomic mass is 32.1. The van der Waals surface area contributed by atoms with E-state index in [1.165, 1.54) is 9.47 Å². The zero-order valence-electron chi connectivity index (χ0n) is 22.8. The van der Waals surface area contributed by atoms with Crippen LogP contribution in [0.5, 0.6) is 0 Å². The van der Waals surface area contributed by atoms with Crippen molar-refractivity contribution in [2.45, 2.75) is 47.6 Å². The fourth-order valence-corrected chi connectivity index (χ4v) is 6.01. The third kappa shape index (κ3) is 4.81. The summed E-state index contributed by atoms with van der Waals surface area (Å²) in [6.45, 7) is 9.24. The lowest BCUT2D eigenvalue weighted by atomic mass is 10.1. The van der Waals surface area contributed by atoms with Gasteiger partial charge in [0.25, 0.3) is 11.5 Å². The standard InChI is InChI=1S/C29H32N4O4S/c1-8-20-9-11-21(12-10-20)33-26(35)23-19(5)25(27(36)31(6)7)38-28(23)32(29(33)37)15-22(34)30-24-17(3)13-16(2)14-18(24)4/h9-14H,8,15H2,1-7H3,(H,30,34). The average Bonchev–Trinajstić information content (AvgIpc) is 3.21. The predicted octanol–water partition coefficient (Wildman–Crippen LogP) is 4.35. The smallest absolute Gasteiger partial charge is 0.337 e. The fraction of sp³-hybridized carbons (Fsp3) is 0.310. The van der Waals surface area contributed by atoms with Gasteiger partial charge in [0.15, 0.2) is 0 Å². The van der Waals surface area contributed by atoms with Gasteiger partial charge in [0, 0.05) is 19.8 Å². The number of benzene rings is 2. The molecule has 0 bridgehead atoms. The summed E-state index contributed by atoms with van der Waals surface area (Å²) in [5, 5.41) is 3.20. The zero-order chi connectivity index (χ0) is 27.9. The Kier molecular flexibility index (Phi) is 7.42. The number of amides is 2. The molecule has 0 saturated carbocycles. The molecule has 2 aromatic carbocycles. The number of nitrogens with one attached hydrogen (secondary N) is 1. The zero-order valence-corrected chi connectivity index (χ0v) is 23.6. The highest BCUT2D eigenvalue weighted by molar-refractivity contribution is 7.20. The Morgan fingerprint density at radius 2 is 1.58 bits per heavy atom. The molecule has 0 aliphatic heterocycles. The minimum absolute atomic E-state index is 0.259. The van der Waals surface area contributed by atoms with Gasteiger partial charge in [-0.2, -0.15) is 0 Å². The number of anilines is 1. The number of carbonyl (C=O) groups is 2. The van der Waals surface area contributed by atoms with E-state index in [1.807, 2.05) is 52.0 Å². The van der Waals surface area contributed by atoms with Crippen molar-refractivity contribution in [2.24, 2.45) is 0 Å². The summed E-state index contributed by atoms with van der Waals surface area (Å²) in [4.78, 5) is 55.8. The van der Waals surface area contributed by atoms with Crippen LogP contribution in [0.3, 0.4) is 0 Å². The van der Waals surface area contributed by atoms with Gasteiger partial charge < -0.3 is 10.2 Å². The Morgan fingerprint density at radius 3 is 2.13 bits per heavy atom. The molecular formula is C29H32N4O4S. The Bertz CT molecular complexity index is 1670. The van der Waals surface area contributed by atoms with E-state index in [-0.39, 0.29) is 17.8 Å². The number of aromatic nitrogens is 2. The summed E-state index contributed by atoms with van der Waals surface area (Å²) >= 11 is 1.06. The maximum atomic E-state index is 13.8. The Balaban J connectivity index is 1.92. The molecule has 0 fully saturated rings. The number of hydrogen-bond donors (Lipinski definition) is 1. The van der Waals surface area contributed by atoms with Crippen molar-refractivity contribution in [2.75, 3.05) is 19.4 Å². The second kappa shape index (κ2) is 10.4. The lowest BCUT2D eigenvalue weighted by Gasteiger charge is -2.15. The SMILES string of the molecule is CCc1ccc(-n2c(=O)c3c(C)c(C(=O)N(C)C)sc3n(CC(=O)Nc3c(C)cc(C)cc3C)c2=O)cc1. The normalized spacial score (nSPS) is 11.1. The van der Waals surface area contributed by atoms with Crippen LogP contribution in [0.15, 0.2) is 46.0 Å². The molecule has 0 spiro atoms. The van der Waals surface area contributed by atoms with Crippen LogP contribution < -0.4 is 16.6 Å². The van der Waals surface area contributed by atoms with E-state index in [1.54, 1.807) is 33.2 Å². The monoisotopic (exact) mass is 532 g/mol. The van der Waals surface area contributed by atoms with Crippen molar-refractivity contribution in [3.8, 4) is 5.69 Å². The molecule has 8 nitrogen and oxygen atoms in total. The van der Waals surface area contributed by atoms with Gasteiger partial charge in [-0.3, -0.25) is 19.0 Å². The van der Waals surface area contributed by atoms with Gasteiger partial charge in [-0.1, -0.05) is 36.8 Å². The lowest BCUT2D eigenvalue weighted by Crippen LogP contribution is -2.40. The molecule has 2 aromatic heterocycles. The molecule has 4 rings (SSSR count). The van der Waals surface area contributed by atoms with Crippen LogP contribution in [-0.2, 0) is 17.8 Å². The van der Waals surface area contributed by atoms with Crippen LogP contribution in [0.25, 0.3) is 15.9 Å². The van der Waals surface area contributed by atoms with Crippen LogP contribution in [-0.4, -0.2) is 39.9 Å². The van der Waals surface area contributed by atoms with E-state index in [9.17, 15) is 19.2 Å². The third-order valence-electron chi connectivity index (χ3n) is 6.66. The van der Waals surface area contributed by atoms with E-state index >= 15 is 0 Å². The second-order valence-corrected chi connectivity index (χ2v) is 10.8. The van der Waals surface area contributed by atoms with Crippen molar-refractivity contribution in [1.29, 1.82) is 0 Å². The third-order valence-corrected chi connectivity index (χ3v) is 7.96. The molecule has 0 aliphatic carbocycles. The quantitative estimate of drug-likeness (QED) is 0.400. The topological polar surface area (TPSA) is 93.4 Å². The van der Waals surface area contributed by atoms with Crippen molar-refractivity contribution >= 4 is 39.1 Å². The Labute approximate surface area is 225 Å². The first-order valence-electron chi connectivity index (χ1n) is 12.4. The highest BCUT2D eigenvalue weighted by Crippen LogP contribution is 2.29. The maximum absolute atomic E-state index is 13.8. The molecule has 0 atom stereocenters. The second-order valence-electron chi connectivity index (χ2n) is 9.79. The first kappa shape index (κ1) is 27.1. The van der Waals surface area contributed by atoms with Gasteiger partial charge in [-0.05, 0) is 68.5 Å². The fourth-order valence-electron chi connectivity index (χ4n) is 4.70. The van der Waals surface area contributed by atoms with Gasteiger partial charge in [0.05, 0.1) is 16.0 Å². The molecule has 9 heteroatoms. The number of fused-ring (bicyclic) bond motifs is 1. The molecule has 0 aliphatic rings. The van der Waals surface area contributed by atoms with E-state index in [4.69, 9.17) is 0 Å². The summed E-state index contributed by atoms with van der Waals surface area (Å²) in [7, 11) is 3.26. The summed E-state index contributed by atoms with van der Waals surface area (Å²) in [6, 6.07) is 11.2. The number of hydrogen-bond acceptors (Lipinski definition) is 5.